The van der Waals surface area contributed by atoms with Crippen LogP contribution in [0, 0.1) is 60.0 Å². The minimum Gasteiger partial charge on any atom is -0.286 e. The molecule has 0 radical (unpaired) electrons. The SMILES string of the molecule is CC1=NCC(Cc2ccc(SC#N)cc2)N=C(C)c2cccc(n2)C(C)=NCC(Cc2ccc(N=C=S)cc2)N=C(C)c2cccc1n2.[Eu+3]. The van der Waals surface area contributed by atoms with Crippen LogP contribution >= 0.6 is 24.0 Å². The number of isothiocyanates is 1. The van der Waals surface area contributed by atoms with E-state index < -0.39 is 0 Å². The summed E-state index contributed by atoms with van der Waals surface area (Å²) in [6.45, 7) is 8.93. The van der Waals surface area contributed by atoms with Crippen LogP contribution in [0.2, 0.25) is 0 Å². The second-order valence-electron chi connectivity index (χ2n) is 11.5. The Balaban J connectivity index is 0.00000541. The predicted molar refractivity (Wildman–Crippen MR) is 201 cm³/mol. The molecule has 1 aliphatic rings. The van der Waals surface area contributed by atoms with Gasteiger partial charge in [0.2, 0.25) is 0 Å². The quantitative estimate of drug-likeness (QED) is 0.0849. The van der Waals surface area contributed by atoms with Crippen molar-refractivity contribution in [2.24, 2.45) is 25.0 Å². The Morgan fingerprint density at radius 3 is 1.53 bits per heavy atom. The van der Waals surface area contributed by atoms with E-state index in [1.807, 2.05) is 100 Å². The van der Waals surface area contributed by atoms with Gasteiger partial charge in [-0.1, -0.05) is 36.4 Å². The van der Waals surface area contributed by atoms with Crippen molar-refractivity contribution in [2.75, 3.05) is 13.1 Å². The van der Waals surface area contributed by atoms with Gasteiger partial charge in [-0.2, -0.15) is 10.3 Å². The molecule has 2 atom stereocenters. The molecule has 2 aromatic heterocycles. The molecule has 2 aromatic carbocycles. The average molecular weight is 821 g/mol. The number of thiocarbonyl (C=S) groups is 1. The van der Waals surface area contributed by atoms with Crippen molar-refractivity contribution in [3.63, 3.8) is 0 Å². The summed E-state index contributed by atoms with van der Waals surface area (Å²) in [7, 11) is 0. The standard InChI is InChI=1S/C38H36N8S2.Eu/c1-25-35-7-6-10-38(46-35)28(4)44-33(20-30-13-17-34(18-14-30)48-23-39)22-41-26(2)36-8-5-9-37(45-36)27(3)43-32(21-40-25)19-29-11-15-31(16-12-29)42-24-47;/h5-18,32-33H,19-22H2,1-4H3;/q;+3. The Morgan fingerprint density at radius 2 is 1.10 bits per heavy atom. The Hall–Kier alpha value is -3.36. The molecule has 0 fully saturated rings. The largest absolute Gasteiger partial charge is 3.00 e. The molecule has 4 bridgehead atoms. The zero-order valence-corrected chi connectivity index (χ0v) is 31.9. The van der Waals surface area contributed by atoms with Crippen LogP contribution in [-0.2, 0) is 12.8 Å². The zero-order chi connectivity index (χ0) is 33.9. The molecule has 11 heteroatoms. The van der Waals surface area contributed by atoms with E-state index in [0.29, 0.717) is 25.9 Å². The molecule has 244 valence electrons. The topological polar surface area (TPSA) is 111 Å². The minimum atomic E-state index is -0.129. The van der Waals surface area contributed by atoms with Crippen LogP contribution in [0.25, 0.3) is 0 Å². The summed E-state index contributed by atoms with van der Waals surface area (Å²) in [4.78, 5) is 35.1. The number of nitriles is 1. The summed E-state index contributed by atoms with van der Waals surface area (Å²) >= 11 is 5.91. The minimum absolute atomic E-state index is 0. The van der Waals surface area contributed by atoms with Gasteiger partial charge in [-0.05, 0) is 124 Å². The van der Waals surface area contributed by atoms with Gasteiger partial charge in [0.25, 0.3) is 0 Å². The number of thiocyanates is 1. The molecule has 4 aromatic rings. The van der Waals surface area contributed by atoms with Crippen molar-refractivity contribution in [1.29, 1.82) is 5.26 Å². The molecule has 49 heavy (non-hydrogen) atoms. The van der Waals surface area contributed by atoms with E-state index in [2.05, 4.69) is 27.7 Å². The van der Waals surface area contributed by atoms with Gasteiger partial charge in [0.05, 0.1) is 81.6 Å². The van der Waals surface area contributed by atoms with Gasteiger partial charge in [0.15, 0.2) is 0 Å². The van der Waals surface area contributed by atoms with E-state index in [0.717, 1.165) is 79.1 Å². The molecule has 8 nitrogen and oxygen atoms in total. The number of aromatic nitrogens is 2. The fourth-order valence-electron chi connectivity index (χ4n) is 5.35. The monoisotopic (exact) mass is 821 g/mol. The van der Waals surface area contributed by atoms with Crippen LogP contribution in [0.4, 0.5) is 5.69 Å². The number of fused-ring (bicyclic) bond motifs is 4. The first-order chi connectivity index (χ1) is 23.3. The smallest absolute Gasteiger partial charge is 0.286 e. The van der Waals surface area contributed by atoms with Crippen LogP contribution in [0.15, 0.2) is 115 Å². The third-order valence-electron chi connectivity index (χ3n) is 7.95. The Labute approximate surface area is 338 Å². The molecular weight excluding hydrogens is 785 g/mol. The van der Waals surface area contributed by atoms with Crippen LogP contribution in [-0.4, -0.2) is 63.1 Å². The number of thioether (sulfide) groups is 1. The van der Waals surface area contributed by atoms with E-state index in [9.17, 15) is 0 Å². The van der Waals surface area contributed by atoms with Crippen molar-refractivity contribution in [2.45, 2.75) is 57.5 Å². The van der Waals surface area contributed by atoms with Crippen LogP contribution < -0.4 is 0 Å². The predicted octanol–water partition coefficient (Wildman–Crippen LogP) is 7.96. The van der Waals surface area contributed by atoms with Crippen molar-refractivity contribution in [3.05, 3.63) is 119 Å². The Kier molecular flexibility index (Phi) is 15.0. The number of aliphatic imine (C=N–C) groups is 5. The molecule has 3 heterocycles. The fourth-order valence-corrected chi connectivity index (χ4v) is 5.84. The van der Waals surface area contributed by atoms with Gasteiger partial charge < -0.3 is 0 Å². The van der Waals surface area contributed by atoms with Gasteiger partial charge in [0.1, 0.15) is 5.40 Å². The second kappa shape index (κ2) is 19.1. The number of rotatable bonds is 6. The molecule has 2 unspecified atom stereocenters. The van der Waals surface area contributed by atoms with E-state index >= 15 is 0 Å². The summed E-state index contributed by atoms with van der Waals surface area (Å²) < 4.78 is 0. The Morgan fingerprint density at radius 1 is 0.673 bits per heavy atom. The molecule has 0 aliphatic carbocycles. The first kappa shape index (κ1) is 38.4. The normalized spacial score (nSPS) is 16.6. The number of pyridine rings is 2. The van der Waals surface area contributed by atoms with E-state index in [1.165, 1.54) is 0 Å². The molecule has 5 rings (SSSR count). The maximum absolute atomic E-state index is 9.03. The van der Waals surface area contributed by atoms with Crippen molar-refractivity contribution >= 4 is 57.7 Å². The van der Waals surface area contributed by atoms with Crippen LogP contribution in [0.5, 0.6) is 0 Å². The molecular formula is C38H36EuN8S2+3. The number of nitrogens with zero attached hydrogens (tertiary/aromatic N) is 8. The van der Waals surface area contributed by atoms with E-state index in [4.69, 9.17) is 47.4 Å². The number of benzene rings is 2. The molecule has 1 aliphatic heterocycles. The van der Waals surface area contributed by atoms with Crippen molar-refractivity contribution < 1.29 is 49.4 Å². The average Bonchev–Trinajstić information content (AvgIpc) is 3.10. The summed E-state index contributed by atoms with van der Waals surface area (Å²) in [6, 6.07) is 27.7. The summed E-state index contributed by atoms with van der Waals surface area (Å²) in [5.41, 5.74) is 9.56. The molecule has 0 spiro atoms. The maximum Gasteiger partial charge on any atom is 3.00 e. The van der Waals surface area contributed by atoms with Gasteiger partial charge in [-0.25, -0.2) is 9.97 Å². The van der Waals surface area contributed by atoms with Crippen molar-refractivity contribution in [1.82, 2.24) is 9.97 Å². The fraction of sp³-hybridized carbons (Fsp3) is 0.263. The summed E-state index contributed by atoms with van der Waals surface area (Å²) in [6.07, 6.45) is 1.38. The summed E-state index contributed by atoms with van der Waals surface area (Å²) in [5.74, 6) is 0. The number of hydrogen-bond acceptors (Lipinski definition) is 10. The molecule has 0 saturated carbocycles. The van der Waals surface area contributed by atoms with Gasteiger partial charge in [-0.15, -0.1) is 0 Å². The van der Waals surface area contributed by atoms with Crippen molar-refractivity contribution in [3.8, 4) is 5.40 Å². The maximum atomic E-state index is 9.03. The molecule has 0 N–H and O–H groups in total. The van der Waals surface area contributed by atoms with Crippen LogP contribution in [0.1, 0.15) is 61.6 Å². The third kappa shape index (κ3) is 11.3. The van der Waals surface area contributed by atoms with Gasteiger partial charge in [-0.3, -0.25) is 20.0 Å². The third-order valence-corrected chi connectivity index (χ3v) is 8.64. The molecule has 0 amide bonds. The summed E-state index contributed by atoms with van der Waals surface area (Å²) in [5, 5.41) is 13.6. The number of hydrogen-bond donors (Lipinski definition) is 0. The Bertz CT molecular complexity index is 1970. The first-order valence-corrected chi connectivity index (χ1v) is 16.9. The zero-order valence-electron chi connectivity index (χ0n) is 27.8. The second-order valence-corrected chi connectivity index (χ2v) is 12.6. The van der Waals surface area contributed by atoms with Gasteiger partial charge >= 0.3 is 49.4 Å². The molecule has 0 saturated heterocycles. The first-order valence-electron chi connectivity index (χ1n) is 15.7. The van der Waals surface area contributed by atoms with E-state index in [1.54, 1.807) is 0 Å². The van der Waals surface area contributed by atoms with E-state index in [-0.39, 0.29) is 61.5 Å². The van der Waals surface area contributed by atoms with Crippen LogP contribution in [0.3, 0.4) is 0 Å². The van der Waals surface area contributed by atoms with Gasteiger partial charge in [0, 0.05) is 4.90 Å².